The van der Waals surface area contributed by atoms with Gasteiger partial charge in [-0.15, -0.1) is 0 Å². The summed E-state index contributed by atoms with van der Waals surface area (Å²) in [6.45, 7) is 0. The number of nitrogens with one attached hydrogen (secondary N) is 2. The number of rotatable bonds is 7. The fourth-order valence-electron chi connectivity index (χ4n) is 4.77. The van der Waals surface area contributed by atoms with E-state index in [0.717, 1.165) is 34.7 Å². The lowest BCUT2D eigenvalue weighted by Crippen LogP contribution is -2.42. The lowest BCUT2D eigenvalue weighted by Gasteiger charge is -2.38. The van der Waals surface area contributed by atoms with Crippen molar-refractivity contribution >= 4 is 23.4 Å². The molecule has 0 bridgehead atoms. The summed E-state index contributed by atoms with van der Waals surface area (Å²) in [4.78, 5) is 21.2. The Kier molecular flexibility index (Phi) is 5.52. The van der Waals surface area contributed by atoms with Crippen LogP contribution >= 0.6 is 0 Å². The van der Waals surface area contributed by atoms with Crippen molar-refractivity contribution < 1.29 is 9.90 Å². The quantitative estimate of drug-likeness (QED) is 0.444. The zero-order valence-electron chi connectivity index (χ0n) is 18.1. The van der Waals surface area contributed by atoms with E-state index in [-0.39, 0.29) is 0 Å². The summed E-state index contributed by atoms with van der Waals surface area (Å²) in [5, 5.41) is 16.6. The van der Waals surface area contributed by atoms with E-state index in [2.05, 4.69) is 10.6 Å². The number of hydrogen-bond donors (Lipinski definition) is 3. The second-order valence-corrected chi connectivity index (χ2v) is 8.90. The highest BCUT2D eigenvalue weighted by Gasteiger charge is 2.45. The van der Waals surface area contributed by atoms with Crippen LogP contribution in [-0.4, -0.2) is 27.1 Å². The van der Waals surface area contributed by atoms with Crippen LogP contribution in [0, 0.1) is 0 Å². The zero-order chi connectivity index (χ0) is 22.0. The van der Waals surface area contributed by atoms with Crippen LogP contribution < -0.4 is 10.6 Å². The third-order valence-electron chi connectivity index (χ3n) is 6.81. The molecule has 32 heavy (non-hydrogen) atoms. The van der Waals surface area contributed by atoms with Crippen LogP contribution in [0.3, 0.4) is 0 Å². The van der Waals surface area contributed by atoms with Gasteiger partial charge in [0, 0.05) is 23.4 Å². The first-order valence-electron chi connectivity index (χ1n) is 11.4. The molecule has 0 saturated heterocycles. The fourth-order valence-corrected chi connectivity index (χ4v) is 4.77. The molecule has 2 aliphatic carbocycles. The van der Waals surface area contributed by atoms with E-state index in [1.807, 2.05) is 60.7 Å². The van der Waals surface area contributed by atoms with Crippen molar-refractivity contribution in [2.45, 2.75) is 56.4 Å². The minimum Gasteiger partial charge on any atom is -0.481 e. The highest BCUT2D eigenvalue weighted by molar-refractivity contribution is 5.82. The Hall–Kier alpha value is -3.41. The zero-order valence-corrected chi connectivity index (χ0v) is 18.1. The number of benzene rings is 2. The average Bonchev–Trinajstić information content (AvgIpc) is 3.27. The molecule has 1 aromatic heterocycles. The smallest absolute Gasteiger partial charge is 0.314 e. The number of carboxylic acids is 1. The van der Waals surface area contributed by atoms with Gasteiger partial charge in [0.15, 0.2) is 0 Å². The van der Waals surface area contributed by atoms with Gasteiger partial charge in [-0.2, -0.15) is 4.98 Å². The number of carboxylic acid groups (broad SMARTS) is 1. The van der Waals surface area contributed by atoms with Gasteiger partial charge in [0.05, 0.1) is 11.1 Å². The summed E-state index contributed by atoms with van der Waals surface area (Å²) in [6, 6.07) is 20.2. The molecule has 0 atom stereocenters. The minimum atomic E-state index is -0.731. The molecule has 1 heterocycles. The molecule has 0 aliphatic heterocycles. The number of carbonyl (C=O) groups is 1. The summed E-state index contributed by atoms with van der Waals surface area (Å²) in [5.41, 5.74) is 2.88. The summed E-state index contributed by atoms with van der Waals surface area (Å²) in [5.74, 6) is 0.617. The Labute approximate surface area is 188 Å². The van der Waals surface area contributed by atoms with Crippen molar-refractivity contribution in [3.63, 3.8) is 0 Å². The van der Waals surface area contributed by atoms with Crippen molar-refractivity contribution in [3.8, 4) is 11.3 Å². The maximum atomic E-state index is 11.8. The van der Waals surface area contributed by atoms with Gasteiger partial charge >= 0.3 is 5.97 Å². The van der Waals surface area contributed by atoms with Crippen LogP contribution in [-0.2, 0) is 10.2 Å². The van der Waals surface area contributed by atoms with Crippen LogP contribution in [0.25, 0.3) is 11.3 Å². The molecular weight excluding hydrogens is 400 g/mol. The molecule has 2 saturated carbocycles. The first kappa shape index (κ1) is 20.5. The highest BCUT2D eigenvalue weighted by Crippen LogP contribution is 2.44. The molecule has 6 heteroatoms. The third kappa shape index (κ3) is 4.05. The van der Waals surface area contributed by atoms with Gasteiger partial charge in [-0.25, -0.2) is 4.98 Å². The molecule has 0 unspecified atom stereocenters. The Bertz CT molecular complexity index is 1090. The molecule has 2 aliphatic rings. The lowest BCUT2D eigenvalue weighted by molar-refractivity contribution is -0.147. The molecule has 6 nitrogen and oxygen atoms in total. The predicted molar refractivity (Wildman–Crippen MR) is 126 cm³/mol. The van der Waals surface area contributed by atoms with Crippen LogP contribution in [0.15, 0.2) is 60.7 Å². The Morgan fingerprint density at radius 2 is 1.66 bits per heavy atom. The van der Waals surface area contributed by atoms with Crippen LogP contribution in [0.2, 0.25) is 0 Å². The van der Waals surface area contributed by atoms with Gasteiger partial charge in [-0.05, 0) is 43.4 Å². The monoisotopic (exact) mass is 428 g/mol. The molecule has 3 aromatic rings. The van der Waals surface area contributed by atoms with E-state index >= 15 is 0 Å². The second-order valence-electron chi connectivity index (χ2n) is 8.90. The van der Waals surface area contributed by atoms with Gasteiger partial charge < -0.3 is 15.7 Å². The summed E-state index contributed by atoms with van der Waals surface area (Å²) >= 11 is 0. The van der Waals surface area contributed by atoms with Gasteiger partial charge in [-0.1, -0.05) is 61.7 Å². The standard InChI is InChI=1S/C26H28N4O2/c31-24(32)26(15-6-16-26)19-11-13-21(14-12-19)28-25-29-22(18-7-2-1-3-8-18)17-23(30-25)27-20-9-4-5-10-20/h1-3,7-8,11-14,17,20H,4-6,9-10,15-16H2,(H,31,32)(H2,27,28,29,30). The minimum absolute atomic E-state index is 0.454. The normalized spacial score (nSPS) is 17.5. The van der Waals surface area contributed by atoms with E-state index < -0.39 is 11.4 Å². The van der Waals surface area contributed by atoms with E-state index in [1.54, 1.807) is 0 Å². The second kappa shape index (κ2) is 8.61. The maximum absolute atomic E-state index is 11.8. The largest absolute Gasteiger partial charge is 0.481 e. The fraction of sp³-hybridized carbons (Fsp3) is 0.346. The topological polar surface area (TPSA) is 87.1 Å². The summed E-state index contributed by atoms with van der Waals surface area (Å²) < 4.78 is 0. The molecule has 0 spiro atoms. The molecule has 0 amide bonds. The summed E-state index contributed by atoms with van der Waals surface area (Å²) in [6.07, 6.45) is 7.21. The third-order valence-corrected chi connectivity index (χ3v) is 6.81. The molecular formula is C26H28N4O2. The van der Waals surface area contributed by atoms with Gasteiger partial charge in [0.25, 0.3) is 0 Å². The molecule has 0 radical (unpaired) electrons. The molecule has 2 aromatic carbocycles. The van der Waals surface area contributed by atoms with Crippen LogP contribution in [0.5, 0.6) is 0 Å². The van der Waals surface area contributed by atoms with Crippen LogP contribution in [0.1, 0.15) is 50.5 Å². The Morgan fingerprint density at radius 3 is 2.28 bits per heavy atom. The molecule has 5 rings (SSSR count). The van der Waals surface area contributed by atoms with Crippen LogP contribution in [0.4, 0.5) is 17.5 Å². The lowest BCUT2D eigenvalue weighted by atomic mass is 9.64. The number of anilines is 3. The van der Waals surface area contributed by atoms with Gasteiger partial charge in [-0.3, -0.25) is 4.79 Å². The Morgan fingerprint density at radius 1 is 0.938 bits per heavy atom. The first-order chi connectivity index (χ1) is 15.6. The average molecular weight is 429 g/mol. The Balaban J connectivity index is 1.41. The van der Waals surface area contributed by atoms with Crippen molar-refractivity contribution in [2.24, 2.45) is 0 Å². The molecule has 2 fully saturated rings. The van der Waals surface area contributed by atoms with E-state index in [0.29, 0.717) is 24.8 Å². The molecule has 164 valence electrons. The predicted octanol–water partition coefficient (Wildman–Crippen LogP) is 5.75. The molecule has 3 N–H and O–H groups in total. The van der Waals surface area contributed by atoms with Crippen molar-refractivity contribution in [3.05, 3.63) is 66.2 Å². The first-order valence-corrected chi connectivity index (χ1v) is 11.4. The van der Waals surface area contributed by atoms with Gasteiger partial charge in [0.2, 0.25) is 5.95 Å². The number of nitrogens with zero attached hydrogens (tertiary/aromatic N) is 2. The van der Waals surface area contributed by atoms with E-state index in [9.17, 15) is 9.90 Å². The SMILES string of the molecule is O=C(O)C1(c2ccc(Nc3nc(NC4CCCC4)cc(-c4ccccc4)n3)cc2)CCC1. The van der Waals surface area contributed by atoms with E-state index in [4.69, 9.17) is 9.97 Å². The van der Waals surface area contributed by atoms with Crippen molar-refractivity contribution in [1.29, 1.82) is 0 Å². The highest BCUT2D eigenvalue weighted by atomic mass is 16.4. The number of aromatic nitrogens is 2. The summed E-state index contributed by atoms with van der Waals surface area (Å²) in [7, 11) is 0. The van der Waals surface area contributed by atoms with Gasteiger partial charge in [0.1, 0.15) is 5.82 Å². The number of hydrogen-bond acceptors (Lipinski definition) is 5. The van der Waals surface area contributed by atoms with Crippen molar-refractivity contribution in [1.82, 2.24) is 9.97 Å². The van der Waals surface area contributed by atoms with E-state index in [1.165, 1.54) is 25.7 Å². The number of aliphatic carboxylic acids is 1. The maximum Gasteiger partial charge on any atom is 0.314 e. The van der Waals surface area contributed by atoms with Crippen molar-refractivity contribution in [2.75, 3.05) is 10.6 Å².